The SMILES string of the molecule is COCC(N)C(=O)NCCc1nc(C(C)(C)C)cs1. The topological polar surface area (TPSA) is 77.2 Å². The van der Waals surface area contributed by atoms with Crippen LogP contribution in [-0.4, -0.2) is 37.2 Å². The molecule has 3 N–H and O–H groups in total. The van der Waals surface area contributed by atoms with E-state index in [2.05, 4.69) is 36.5 Å². The second-order valence-corrected chi connectivity index (χ2v) is 6.42. The summed E-state index contributed by atoms with van der Waals surface area (Å²) in [5.74, 6) is -0.186. The lowest BCUT2D eigenvalue weighted by atomic mass is 9.93. The number of hydrogen-bond donors (Lipinski definition) is 2. The number of rotatable bonds is 6. The molecular formula is C13H23N3O2S. The van der Waals surface area contributed by atoms with Gasteiger partial charge in [-0.3, -0.25) is 4.79 Å². The van der Waals surface area contributed by atoms with Crippen LogP contribution in [0.25, 0.3) is 0 Å². The molecule has 0 bridgehead atoms. The van der Waals surface area contributed by atoms with Gasteiger partial charge >= 0.3 is 0 Å². The summed E-state index contributed by atoms with van der Waals surface area (Å²) in [5.41, 5.74) is 6.78. The average Bonchev–Trinajstić information content (AvgIpc) is 2.77. The lowest BCUT2D eigenvalue weighted by molar-refractivity contribution is -0.123. The van der Waals surface area contributed by atoms with E-state index in [1.165, 1.54) is 7.11 Å². The van der Waals surface area contributed by atoms with Crippen LogP contribution in [0.15, 0.2) is 5.38 Å². The van der Waals surface area contributed by atoms with Gasteiger partial charge in [-0.15, -0.1) is 11.3 Å². The van der Waals surface area contributed by atoms with Crippen molar-refractivity contribution < 1.29 is 9.53 Å². The molecule has 1 heterocycles. The molecular weight excluding hydrogens is 262 g/mol. The van der Waals surface area contributed by atoms with Crippen molar-refractivity contribution in [2.45, 2.75) is 38.6 Å². The Morgan fingerprint density at radius 1 is 1.58 bits per heavy atom. The fourth-order valence-electron chi connectivity index (χ4n) is 1.45. The number of amides is 1. The molecule has 0 spiro atoms. The van der Waals surface area contributed by atoms with Crippen molar-refractivity contribution in [1.82, 2.24) is 10.3 Å². The quantitative estimate of drug-likeness (QED) is 0.819. The van der Waals surface area contributed by atoms with Gasteiger partial charge in [0, 0.05) is 30.9 Å². The van der Waals surface area contributed by atoms with Crippen molar-refractivity contribution in [3.8, 4) is 0 Å². The largest absolute Gasteiger partial charge is 0.383 e. The van der Waals surface area contributed by atoms with Crippen molar-refractivity contribution in [1.29, 1.82) is 0 Å². The molecule has 0 fully saturated rings. The Morgan fingerprint density at radius 2 is 2.26 bits per heavy atom. The molecule has 0 saturated heterocycles. The van der Waals surface area contributed by atoms with Gasteiger partial charge in [0.1, 0.15) is 6.04 Å². The first-order chi connectivity index (χ1) is 8.84. The summed E-state index contributed by atoms with van der Waals surface area (Å²) in [6, 6.07) is -0.605. The minimum absolute atomic E-state index is 0.0683. The predicted octanol–water partition coefficient (Wildman–Crippen LogP) is 1.07. The van der Waals surface area contributed by atoms with Crippen molar-refractivity contribution >= 4 is 17.2 Å². The highest BCUT2D eigenvalue weighted by atomic mass is 32.1. The highest BCUT2D eigenvalue weighted by Gasteiger charge is 2.17. The summed E-state index contributed by atoms with van der Waals surface area (Å²) in [6.45, 7) is 7.19. The normalized spacial score (nSPS) is 13.3. The maximum absolute atomic E-state index is 11.6. The molecule has 0 aliphatic heterocycles. The predicted molar refractivity (Wildman–Crippen MR) is 77.4 cm³/mol. The van der Waals surface area contributed by atoms with Crippen LogP contribution in [0.3, 0.4) is 0 Å². The third kappa shape index (κ3) is 5.26. The second kappa shape index (κ2) is 6.98. The van der Waals surface area contributed by atoms with E-state index in [9.17, 15) is 4.79 Å². The lowest BCUT2D eigenvalue weighted by Gasteiger charge is -2.14. The number of carbonyl (C=O) groups excluding carboxylic acids is 1. The van der Waals surface area contributed by atoms with E-state index >= 15 is 0 Å². The highest BCUT2D eigenvalue weighted by Crippen LogP contribution is 2.23. The van der Waals surface area contributed by atoms with Crippen LogP contribution in [0, 0.1) is 0 Å². The van der Waals surface area contributed by atoms with Crippen LogP contribution in [0.2, 0.25) is 0 Å². The Labute approximate surface area is 118 Å². The molecule has 1 rings (SSSR count). The molecule has 108 valence electrons. The van der Waals surface area contributed by atoms with Gasteiger partial charge in [-0.25, -0.2) is 4.98 Å². The van der Waals surface area contributed by atoms with Crippen LogP contribution in [-0.2, 0) is 21.4 Å². The van der Waals surface area contributed by atoms with Gasteiger partial charge in [-0.1, -0.05) is 20.8 Å². The summed E-state index contributed by atoms with van der Waals surface area (Å²) in [7, 11) is 1.52. The molecule has 1 atom stereocenters. The number of carbonyl (C=O) groups is 1. The van der Waals surface area contributed by atoms with Crippen LogP contribution in [0.5, 0.6) is 0 Å². The molecule has 1 amide bonds. The van der Waals surface area contributed by atoms with E-state index in [0.29, 0.717) is 6.54 Å². The molecule has 1 aromatic rings. The molecule has 1 unspecified atom stereocenters. The molecule has 5 nitrogen and oxygen atoms in total. The monoisotopic (exact) mass is 285 g/mol. The number of nitrogens with one attached hydrogen (secondary N) is 1. The van der Waals surface area contributed by atoms with E-state index in [-0.39, 0.29) is 17.9 Å². The zero-order valence-electron chi connectivity index (χ0n) is 12.0. The number of aromatic nitrogens is 1. The third-order valence-corrected chi connectivity index (χ3v) is 3.55. The Hall–Kier alpha value is -0.980. The van der Waals surface area contributed by atoms with Gasteiger partial charge in [0.2, 0.25) is 5.91 Å². The van der Waals surface area contributed by atoms with Crippen molar-refractivity contribution in [3.05, 3.63) is 16.1 Å². The van der Waals surface area contributed by atoms with Crippen molar-refractivity contribution in [3.63, 3.8) is 0 Å². The highest BCUT2D eigenvalue weighted by molar-refractivity contribution is 7.09. The molecule has 0 aromatic carbocycles. The van der Waals surface area contributed by atoms with Crippen LogP contribution >= 0.6 is 11.3 Å². The lowest BCUT2D eigenvalue weighted by Crippen LogP contribution is -2.44. The second-order valence-electron chi connectivity index (χ2n) is 5.48. The van der Waals surface area contributed by atoms with Crippen LogP contribution < -0.4 is 11.1 Å². The zero-order valence-corrected chi connectivity index (χ0v) is 12.8. The number of nitrogens with zero attached hydrogens (tertiary/aromatic N) is 1. The van der Waals surface area contributed by atoms with Crippen molar-refractivity contribution in [2.75, 3.05) is 20.3 Å². The number of ether oxygens (including phenoxy) is 1. The van der Waals surface area contributed by atoms with Gasteiger partial charge in [-0.2, -0.15) is 0 Å². The smallest absolute Gasteiger partial charge is 0.239 e. The number of hydrogen-bond acceptors (Lipinski definition) is 5. The summed E-state index contributed by atoms with van der Waals surface area (Å²) >= 11 is 1.63. The number of nitrogens with two attached hydrogens (primary N) is 1. The first-order valence-electron chi connectivity index (χ1n) is 6.31. The fraction of sp³-hybridized carbons (Fsp3) is 0.692. The minimum atomic E-state index is -0.605. The van der Waals surface area contributed by atoms with Crippen LogP contribution in [0.4, 0.5) is 0 Å². The van der Waals surface area contributed by atoms with E-state index in [1.54, 1.807) is 11.3 Å². The first kappa shape index (κ1) is 16.1. The standard InChI is InChI=1S/C13H23N3O2S/c1-13(2,3)10-8-19-11(16-10)5-6-15-12(17)9(14)7-18-4/h8-9H,5-7,14H2,1-4H3,(H,15,17). The van der Waals surface area contributed by atoms with Gasteiger partial charge in [0.25, 0.3) is 0 Å². The third-order valence-electron chi connectivity index (χ3n) is 2.64. The van der Waals surface area contributed by atoms with Gasteiger partial charge < -0.3 is 15.8 Å². The van der Waals surface area contributed by atoms with Crippen LogP contribution in [0.1, 0.15) is 31.5 Å². The Balaban J connectivity index is 2.37. The molecule has 0 aliphatic carbocycles. The zero-order chi connectivity index (χ0) is 14.5. The molecule has 0 radical (unpaired) electrons. The van der Waals surface area contributed by atoms with Gasteiger partial charge in [0.05, 0.1) is 17.3 Å². The molecule has 6 heteroatoms. The maximum atomic E-state index is 11.6. The van der Waals surface area contributed by atoms with Gasteiger partial charge in [0.15, 0.2) is 0 Å². The van der Waals surface area contributed by atoms with E-state index in [4.69, 9.17) is 10.5 Å². The van der Waals surface area contributed by atoms with Crippen molar-refractivity contribution in [2.24, 2.45) is 5.73 Å². The first-order valence-corrected chi connectivity index (χ1v) is 7.19. The Kier molecular flexibility index (Phi) is 5.90. The summed E-state index contributed by atoms with van der Waals surface area (Å²) in [5, 5.41) is 5.90. The minimum Gasteiger partial charge on any atom is -0.383 e. The fourth-order valence-corrected chi connectivity index (χ4v) is 2.47. The molecule has 19 heavy (non-hydrogen) atoms. The average molecular weight is 285 g/mol. The number of methoxy groups -OCH3 is 1. The molecule has 1 aromatic heterocycles. The van der Waals surface area contributed by atoms with E-state index in [0.717, 1.165) is 17.1 Å². The Morgan fingerprint density at radius 3 is 2.79 bits per heavy atom. The molecule has 0 saturated carbocycles. The maximum Gasteiger partial charge on any atom is 0.239 e. The van der Waals surface area contributed by atoms with E-state index in [1.807, 2.05) is 0 Å². The Bertz CT molecular complexity index is 412. The van der Waals surface area contributed by atoms with E-state index < -0.39 is 6.04 Å². The molecule has 0 aliphatic rings. The van der Waals surface area contributed by atoms with Gasteiger partial charge in [-0.05, 0) is 0 Å². The number of thiazole rings is 1. The summed E-state index contributed by atoms with van der Waals surface area (Å²) in [6.07, 6.45) is 0.728. The summed E-state index contributed by atoms with van der Waals surface area (Å²) < 4.78 is 4.83. The summed E-state index contributed by atoms with van der Waals surface area (Å²) in [4.78, 5) is 16.1.